The Morgan fingerprint density at radius 2 is 1.50 bits per heavy atom. The van der Waals surface area contributed by atoms with E-state index in [0.717, 1.165) is 51.0 Å². The van der Waals surface area contributed by atoms with E-state index in [1.165, 1.54) is 22.3 Å². The van der Waals surface area contributed by atoms with Crippen molar-refractivity contribution in [3.63, 3.8) is 0 Å². The Morgan fingerprint density at radius 3 is 2.24 bits per heavy atom. The average molecular weight is 724 g/mol. The zero-order chi connectivity index (χ0) is 28.2. The van der Waals surface area contributed by atoms with Crippen LogP contribution < -0.4 is 0 Å². The van der Waals surface area contributed by atoms with Crippen molar-refractivity contribution in [2.24, 2.45) is 0 Å². The Morgan fingerprint density at radius 1 is 0.690 bits per heavy atom. The summed E-state index contributed by atoms with van der Waals surface area (Å²) in [6.07, 6.45) is 4.60. The minimum absolute atomic E-state index is 0. The van der Waals surface area contributed by atoms with Gasteiger partial charge in [-0.3, -0.25) is 0 Å². The van der Waals surface area contributed by atoms with Crippen molar-refractivity contribution in [3.05, 3.63) is 138 Å². The predicted octanol–water partition coefficient (Wildman–Crippen LogP) is 9.24. The molecule has 0 aliphatic rings. The molecule has 5 heteroatoms. The number of fused-ring (bicyclic) bond motifs is 3. The van der Waals surface area contributed by atoms with E-state index in [-0.39, 0.29) is 20.1 Å². The van der Waals surface area contributed by atoms with Gasteiger partial charge in [-0.15, -0.1) is 54.1 Å². The second-order valence-corrected chi connectivity index (χ2v) is 9.91. The van der Waals surface area contributed by atoms with Crippen LogP contribution in [0.1, 0.15) is 23.6 Å². The van der Waals surface area contributed by atoms with Gasteiger partial charge in [0.1, 0.15) is 0 Å². The van der Waals surface area contributed by atoms with Crippen molar-refractivity contribution in [2.45, 2.75) is 27.2 Å². The third-order valence-electron chi connectivity index (χ3n) is 7.17. The molecule has 42 heavy (non-hydrogen) atoms. The molecule has 0 fully saturated rings. The third kappa shape index (κ3) is 5.94. The largest absolute Gasteiger partial charge is 0.486 e. The first-order valence-corrected chi connectivity index (χ1v) is 13.8. The van der Waals surface area contributed by atoms with Gasteiger partial charge in [-0.2, -0.15) is 0 Å². The molecule has 7 aromatic rings. The van der Waals surface area contributed by atoms with Gasteiger partial charge in [0.15, 0.2) is 0 Å². The molecule has 0 aliphatic heterocycles. The summed E-state index contributed by atoms with van der Waals surface area (Å²) in [5.41, 5.74) is 11.0. The van der Waals surface area contributed by atoms with Gasteiger partial charge >= 0.3 is 0 Å². The molecule has 0 unspecified atom stereocenters. The van der Waals surface area contributed by atoms with Crippen molar-refractivity contribution in [2.75, 3.05) is 0 Å². The van der Waals surface area contributed by atoms with E-state index in [1.807, 2.05) is 66.9 Å². The van der Waals surface area contributed by atoms with Gasteiger partial charge in [-0.1, -0.05) is 59.8 Å². The summed E-state index contributed by atoms with van der Waals surface area (Å²) in [6.45, 7) is 6.38. The van der Waals surface area contributed by atoms with Gasteiger partial charge < -0.3 is 14.4 Å². The van der Waals surface area contributed by atoms with Crippen molar-refractivity contribution >= 4 is 22.1 Å². The number of pyridine rings is 3. The predicted molar refractivity (Wildman–Crippen MR) is 166 cm³/mol. The second kappa shape index (κ2) is 13.0. The summed E-state index contributed by atoms with van der Waals surface area (Å²) in [5.74, 6) is 0. The quantitative estimate of drug-likeness (QED) is 0.170. The minimum atomic E-state index is 0. The summed E-state index contributed by atoms with van der Waals surface area (Å²) in [7, 11) is 0. The molecular formula is C37H29IrN3O-2. The van der Waals surface area contributed by atoms with Crippen LogP contribution in [0.4, 0.5) is 0 Å². The molecule has 0 spiro atoms. The Labute approximate surface area is 259 Å². The van der Waals surface area contributed by atoms with Gasteiger partial charge in [0.05, 0.1) is 11.3 Å². The van der Waals surface area contributed by atoms with Crippen molar-refractivity contribution in [3.8, 4) is 33.8 Å². The first-order chi connectivity index (χ1) is 20.1. The van der Waals surface area contributed by atoms with Crippen LogP contribution in [0.3, 0.4) is 0 Å². The molecule has 0 amide bonds. The molecule has 0 bridgehead atoms. The number of aromatic nitrogens is 3. The molecule has 0 saturated heterocycles. The third-order valence-corrected chi connectivity index (χ3v) is 7.17. The fraction of sp³-hybridized carbons (Fsp3) is 0.108. The molecule has 3 aromatic carbocycles. The molecule has 4 aromatic heterocycles. The van der Waals surface area contributed by atoms with E-state index < -0.39 is 0 Å². The summed E-state index contributed by atoms with van der Waals surface area (Å²) in [4.78, 5) is 13.6. The Balaban J connectivity index is 0.000000228. The Bertz CT molecular complexity index is 1890. The summed E-state index contributed by atoms with van der Waals surface area (Å²) in [5, 5.41) is 2.05. The summed E-state index contributed by atoms with van der Waals surface area (Å²) >= 11 is 0. The fourth-order valence-corrected chi connectivity index (χ4v) is 5.08. The molecule has 0 saturated carbocycles. The molecule has 0 aliphatic carbocycles. The van der Waals surface area contributed by atoms with Gasteiger partial charge in [0.2, 0.25) is 5.71 Å². The van der Waals surface area contributed by atoms with Crippen LogP contribution in [0.15, 0.2) is 114 Å². The van der Waals surface area contributed by atoms with Crippen molar-refractivity contribution in [1.29, 1.82) is 0 Å². The van der Waals surface area contributed by atoms with Crippen LogP contribution in [0.25, 0.3) is 55.8 Å². The van der Waals surface area contributed by atoms with E-state index in [4.69, 9.17) is 9.40 Å². The first kappa shape index (κ1) is 29.1. The fourth-order valence-electron chi connectivity index (χ4n) is 5.08. The standard InChI is InChI=1S/C26H21N2O.C11H8N.Ir/c1-4-18-13-14-27-23(15-18)21-10-6-9-19-20-11-12-22(28-26(20)29-25(19)21)24-16(2)7-5-8-17(24)3;1-2-6-10(7-3-1)11-8-4-5-9-12-11;/h5-9,11-15H,4H2,1-3H3;1-6,8-9H;/q2*-1;. The number of rotatable bonds is 4. The van der Waals surface area contributed by atoms with E-state index in [0.29, 0.717) is 5.71 Å². The van der Waals surface area contributed by atoms with Crippen LogP contribution in [0, 0.1) is 26.0 Å². The molecular weight excluding hydrogens is 695 g/mol. The molecule has 0 N–H and O–H groups in total. The normalized spacial score (nSPS) is 10.6. The van der Waals surface area contributed by atoms with E-state index in [9.17, 15) is 0 Å². The topological polar surface area (TPSA) is 51.8 Å². The van der Waals surface area contributed by atoms with Gasteiger partial charge in [-0.05, 0) is 67.0 Å². The molecule has 4 heterocycles. The van der Waals surface area contributed by atoms with Crippen LogP contribution in [-0.4, -0.2) is 15.0 Å². The SMILES string of the molecule is CCc1ccnc(-c2[c-]ccc3c2oc2nc(-c4c(C)cccc4C)ccc23)c1.[Ir].[c-]1ccccc1-c1ccccn1. The van der Waals surface area contributed by atoms with Crippen LogP contribution in [0.2, 0.25) is 0 Å². The number of benzene rings is 3. The van der Waals surface area contributed by atoms with E-state index in [1.54, 1.807) is 6.20 Å². The zero-order valence-corrected chi connectivity index (χ0v) is 26.1. The summed E-state index contributed by atoms with van der Waals surface area (Å²) < 4.78 is 6.27. The number of nitrogens with zero attached hydrogens (tertiary/aromatic N) is 3. The molecule has 1 radical (unpaired) electrons. The second-order valence-electron chi connectivity index (χ2n) is 9.91. The maximum Gasteiger partial charge on any atom is 0.216 e. The Hall–Kier alpha value is -4.44. The minimum Gasteiger partial charge on any atom is -0.486 e. The van der Waals surface area contributed by atoms with Gasteiger partial charge in [-0.25, -0.2) is 4.98 Å². The molecule has 209 valence electrons. The Kier molecular flexibility index (Phi) is 9.02. The van der Waals surface area contributed by atoms with Crippen LogP contribution in [0.5, 0.6) is 0 Å². The van der Waals surface area contributed by atoms with E-state index >= 15 is 0 Å². The first-order valence-electron chi connectivity index (χ1n) is 13.8. The molecule has 4 nitrogen and oxygen atoms in total. The monoisotopic (exact) mass is 724 g/mol. The van der Waals surface area contributed by atoms with Crippen LogP contribution in [-0.2, 0) is 26.5 Å². The molecule has 7 rings (SSSR count). The maximum absolute atomic E-state index is 6.27. The average Bonchev–Trinajstić information content (AvgIpc) is 3.40. The number of furan rings is 1. The van der Waals surface area contributed by atoms with Gasteiger partial charge in [0.25, 0.3) is 0 Å². The van der Waals surface area contributed by atoms with Crippen molar-refractivity contribution in [1.82, 2.24) is 15.0 Å². The maximum atomic E-state index is 6.27. The van der Waals surface area contributed by atoms with Crippen LogP contribution >= 0.6 is 0 Å². The summed E-state index contributed by atoms with van der Waals surface area (Å²) in [6, 6.07) is 38.8. The smallest absolute Gasteiger partial charge is 0.216 e. The number of hydrogen-bond donors (Lipinski definition) is 0. The number of aryl methyl sites for hydroxylation is 3. The zero-order valence-electron chi connectivity index (χ0n) is 23.7. The van der Waals surface area contributed by atoms with E-state index in [2.05, 4.69) is 79.3 Å². The van der Waals surface area contributed by atoms with Gasteiger partial charge in [0, 0.05) is 43.4 Å². The van der Waals surface area contributed by atoms with Crippen molar-refractivity contribution < 1.29 is 24.5 Å². The number of hydrogen-bond acceptors (Lipinski definition) is 4. The molecule has 0 atom stereocenters.